The Bertz CT molecular complexity index is 1360. The Hall–Kier alpha value is -4.96. The smallest absolute Gasteiger partial charge is 0.251 e. The minimum absolute atomic E-state index is 0.125. The molecule has 0 saturated heterocycles. The lowest BCUT2D eigenvalue weighted by molar-refractivity contribution is 0.0951. The molecule has 34 heavy (non-hydrogen) atoms. The van der Waals surface area contributed by atoms with Crippen LogP contribution in [-0.2, 0) is 6.54 Å². The van der Waals surface area contributed by atoms with Gasteiger partial charge in [-0.1, -0.05) is 54.6 Å². The SMILES string of the molecule is N#Cc1ccccc1NC(N)=Nc1ccc(-c2cccc(C(=O)NCc3ccccc3)c2)cn1. The van der Waals surface area contributed by atoms with Gasteiger partial charge in [-0.25, -0.2) is 4.98 Å². The van der Waals surface area contributed by atoms with Crippen molar-refractivity contribution in [3.8, 4) is 17.2 Å². The molecule has 1 heterocycles. The van der Waals surface area contributed by atoms with Gasteiger partial charge in [-0.3, -0.25) is 4.79 Å². The maximum absolute atomic E-state index is 12.6. The first-order valence-electron chi connectivity index (χ1n) is 10.6. The Kier molecular flexibility index (Phi) is 6.91. The van der Waals surface area contributed by atoms with Crippen molar-refractivity contribution in [3.05, 3.63) is 114 Å². The predicted octanol–water partition coefficient (Wildman–Crippen LogP) is 4.61. The van der Waals surface area contributed by atoms with Gasteiger partial charge in [-0.15, -0.1) is 0 Å². The molecule has 0 unspecified atom stereocenters. The number of guanidine groups is 1. The summed E-state index contributed by atoms with van der Waals surface area (Å²) in [5.74, 6) is 0.399. The van der Waals surface area contributed by atoms with E-state index in [9.17, 15) is 10.1 Å². The first-order valence-corrected chi connectivity index (χ1v) is 10.6. The average molecular weight is 447 g/mol. The Morgan fingerprint density at radius 2 is 1.74 bits per heavy atom. The zero-order valence-electron chi connectivity index (χ0n) is 18.3. The summed E-state index contributed by atoms with van der Waals surface area (Å²) in [4.78, 5) is 21.2. The van der Waals surface area contributed by atoms with Gasteiger partial charge in [0, 0.05) is 23.9 Å². The summed E-state index contributed by atoms with van der Waals surface area (Å²) in [5, 5.41) is 15.0. The summed E-state index contributed by atoms with van der Waals surface area (Å²) in [5.41, 5.74) is 10.3. The molecule has 0 aliphatic rings. The molecule has 0 aliphatic carbocycles. The molecule has 1 aromatic heterocycles. The Labute approximate surface area is 197 Å². The van der Waals surface area contributed by atoms with Crippen LogP contribution in [-0.4, -0.2) is 16.9 Å². The van der Waals surface area contributed by atoms with Gasteiger partial charge in [0.25, 0.3) is 5.91 Å². The minimum atomic E-state index is -0.142. The monoisotopic (exact) mass is 446 g/mol. The van der Waals surface area contributed by atoms with Crippen LogP contribution in [0.1, 0.15) is 21.5 Å². The number of carbonyl (C=O) groups is 1. The van der Waals surface area contributed by atoms with Crippen molar-refractivity contribution in [2.75, 3.05) is 5.32 Å². The number of para-hydroxylation sites is 1. The van der Waals surface area contributed by atoms with E-state index in [-0.39, 0.29) is 11.9 Å². The second-order valence-corrected chi connectivity index (χ2v) is 7.43. The van der Waals surface area contributed by atoms with Crippen LogP contribution in [0.4, 0.5) is 11.5 Å². The fourth-order valence-electron chi connectivity index (χ4n) is 3.32. The number of amides is 1. The van der Waals surface area contributed by atoms with Gasteiger partial charge in [0.2, 0.25) is 0 Å². The summed E-state index contributed by atoms with van der Waals surface area (Å²) in [6.45, 7) is 0.465. The predicted molar refractivity (Wildman–Crippen MR) is 133 cm³/mol. The highest BCUT2D eigenvalue weighted by atomic mass is 16.1. The van der Waals surface area contributed by atoms with Crippen LogP contribution in [0.3, 0.4) is 0 Å². The van der Waals surface area contributed by atoms with Crippen molar-refractivity contribution in [3.63, 3.8) is 0 Å². The lowest BCUT2D eigenvalue weighted by Gasteiger charge is -2.08. The van der Waals surface area contributed by atoms with Crippen LogP contribution in [0.2, 0.25) is 0 Å². The standard InChI is InChI=1S/C27H22N6O/c28-16-22-9-4-5-12-24(22)32-27(29)33-25-14-13-23(18-30-25)20-10-6-11-21(15-20)26(34)31-17-19-7-2-1-3-8-19/h1-15,18H,17H2,(H,31,34)(H3,29,30,32,33). The average Bonchev–Trinajstić information content (AvgIpc) is 2.88. The number of nitrogens with one attached hydrogen (secondary N) is 2. The van der Waals surface area contributed by atoms with Crippen molar-refractivity contribution in [2.24, 2.45) is 10.7 Å². The molecule has 7 nitrogen and oxygen atoms in total. The topological polar surface area (TPSA) is 116 Å². The van der Waals surface area contributed by atoms with Crippen LogP contribution >= 0.6 is 0 Å². The summed E-state index contributed by atoms with van der Waals surface area (Å²) in [7, 11) is 0. The van der Waals surface area contributed by atoms with Gasteiger partial charge < -0.3 is 16.4 Å². The molecule has 4 rings (SSSR count). The summed E-state index contributed by atoms with van der Waals surface area (Å²) in [6.07, 6.45) is 1.68. The number of pyridine rings is 1. The molecule has 7 heteroatoms. The number of hydrogen-bond acceptors (Lipinski definition) is 4. The van der Waals surface area contributed by atoms with E-state index in [4.69, 9.17) is 5.73 Å². The molecule has 1 amide bonds. The highest BCUT2D eigenvalue weighted by Crippen LogP contribution is 2.22. The molecule has 0 radical (unpaired) electrons. The second kappa shape index (κ2) is 10.6. The lowest BCUT2D eigenvalue weighted by atomic mass is 10.0. The van der Waals surface area contributed by atoms with E-state index in [0.717, 1.165) is 16.7 Å². The van der Waals surface area contributed by atoms with Crippen molar-refractivity contribution in [1.29, 1.82) is 5.26 Å². The number of nitriles is 1. The molecule has 4 aromatic rings. The zero-order chi connectivity index (χ0) is 23.8. The molecule has 0 spiro atoms. The van der Waals surface area contributed by atoms with E-state index in [1.54, 1.807) is 42.6 Å². The number of anilines is 1. The molecule has 0 saturated carbocycles. The Morgan fingerprint density at radius 1 is 0.941 bits per heavy atom. The van der Waals surface area contributed by atoms with E-state index in [2.05, 4.69) is 26.7 Å². The number of carbonyl (C=O) groups excluding carboxylic acids is 1. The Morgan fingerprint density at radius 3 is 2.50 bits per heavy atom. The van der Waals surface area contributed by atoms with Crippen LogP contribution in [0.15, 0.2) is 102 Å². The largest absolute Gasteiger partial charge is 0.369 e. The number of nitrogens with zero attached hydrogens (tertiary/aromatic N) is 3. The van der Waals surface area contributed by atoms with Gasteiger partial charge in [0.1, 0.15) is 6.07 Å². The van der Waals surface area contributed by atoms with E-state index < -0.39 is 0 Å². The minimum Gasteiger partial charge on any atom is -0.369 e. The Balaban J connectivity index is 1.44. The van der Waals surface area contributed by atoms with Gasteiger partial charge in [-0.05, 0) is 47.5 Å². The van der Waals surface area contributed by atoms with E-state index in [1.807, 2.05) is 54.6 Å². The number of aliphatic imine (C=N–C) groups is 1. The van der Waals surface area contributed by atoms with Crippen LogP contribution < -0.4 is 16.4 Å². The second-order valence-electron chi connectivity index (χ2n) is 7.43. The van der Waals surface area contributed by atoms with Crippen LogP contribution in [0, 0.1) is 11.3 Å². The van der Waals surface area contributed by atoms with Gasteiger partial charge >= 0.3 is 0 Å². The third kappa shape index (κ3) is 5.64. The molecule has 4 N–H and O–H groups in total. The van der Waals surface area contributed by atoms with Crippen molar-refractivity contribution in [1.82, 2.24) is 10.3 Å². The van der Waals surface area contributed by atoms with Crippen LogP contribution in [0.5, 0.6) is 0 Å². The first kappa shape index (κ1) is 22.2. The van der Waals surface area contributed by atoms with Gasteiger partial charge in [0.15, 0.2) is 11.8 Å². The summed E-state index contributed by atoms with van der Waals surface area (Å²) >= 11 is 0. The molecule has 0 fully saturated rings. The highest BCUT2D eigenvalue weighted by molar-refractivity contribution is 5.96. The first-order chi connectivity index (χ1) is 16.6. The molecule has 3 aromatic carbocycles. The quantitative estimate of drug-likeness (QED) is 0.295. The normalized spacial score (nSPS) is 10.9. The maximum Gasteiger partial charge on any atom is 0.251 e. The molecule has 166 valence electrons. The number of aromatic nitrogens is 1. The third-order valence-corrected chi connectivity index (χ3v) is 5.05. The maximum atomic E-state index is 12.6. The fourth-order valence-corrected chi connectivity index (χ4v) is 3.32. The summed E-state index contributed by atoms with van der Waals surface area (Å²) in [6, 6.07) is 29.9. The molecule has 0 atom stereocenters. The van der Waals surface area contributed by atoms with Crippen LogP contribution in [0.25, 0.3) is 11.1 Å². The van der Waals surface area contributed by atoms with E-state index in [0.29, 0.717) is 29.2 Å². The molecular formula is C27H22N6O. The van der Waals surface area contributed by atoms with Crippen molar-refractivity contribution < 1.29 is 4.79 Å². The van der Waals surface area contributed by atoms with Crippen molar-refractivity contribution in [2.45, 2.75) is 6.54 Å². The fraction of sp³-hybridized carbons (Fsp3) is 0.0370. The van der Waals surface area contributed by atoms with E-state index >= 15 is 0 Å². The zero-order valence-corrected chi connectivity index (χ0v) is 18.3. The van der Waals surface area contributed by atoms with Crippen molar-refractivity contribution >= 4 is 23.4 Å². The number of benzene rings is 3. The molecule has 0 bridgehead atoms. The third-order valence-electron chi connectivity index (χ3n) is 5.05. The van der Waals surface area contributed by atoms with Gasteiger partial charge in [-0.2, -0.15) is 10.3 Å². The number of hydrogen-bond donors (Lipinski definition) is 3. The van der Waals surface area contributed by atoms with E-state index in [1.165, 1.54) is 0 Å². The highest BCUT2D eigenvalue weighted by Gasteiger charge is 2.08. The lowest BCUT2D eigenvalue weighted by Crippen LogP contribution is -2.22. The summed E-state index contributed by atoms with van der Waals surface area (Å²) < 4.78 is 0. The molecule has 0 aliphatic heterocycles. The number of nitrogens with two attached hydrogens (primary N) is 1. The van der Waals surface area contributed by atoms with Gasteiger partial charge in [0.05, 0.1) is 11.3 Å². The molecular weight excluding hydrogens is 424 g/mol. The number of rotatable bonds is 6.